The summed E-state index contributed by atoms with van der Waals surface area (Å²) < 4.78 is 28.4. The Morgan fingerprint density at radius 1 is 1.21 bits per heavy atom. The van der Waals surface area contributed by atoms with Crippen LogP contribution < -0.4 is 0 Å². The van der Waals surface area contributed by atoms with E-state index in [1.807, 2.05) is 0 Å². The van der Waals surface area contributed by atoms with E-state index in [1.54, 1.807) is 6.92 Å². The summed E-state index contributed by atoms with van der Waals surface area (Å²) in [6, 6.07) is 0. The number of allylic oxidation sites excluding steroid dienone is 2. The van der Waals surface area contributed by atoms with Gasteiger partial charge in [-0.25, -0.2) is 8.78 Å². The zero-order valence-electron chi connectivity index (χ0n) is 9.00. The van der Waals surface area contributed by atoms with Gasteiger partial charge in [0.15, 0.2) is 0 Å². The van der Waals surface area contributed by atoms with Crippen LogP contribution in [0, 0.1) is 0 Å². The lowest BCUT2D eigenvalue weighted by molar-refractivity contribution is 0.192. The Kier molecular flexibility index (Phi) is 2.20. The van der Waals surface area contributed by atoms with Crippen LogP contribution in [-0.2, 0) is 0 Å². The molecule has 0 aliphatic heterocycles. The van der Waals surface area contributed by atoms with Crippen molar-refractivity contribution in [2.45, 2.75) is 63.7 Å². The SMILES string of the molecule is CCCCC1=C(C)C2(F)CCC1(F)C2. The predicted octanol–water partition coefficient (Wildman–Crippen LogP) is 4.11. The zero-order valence-corrected chi connectivity index (χ0v) is 9.00. The van der Waals surface area contributed by atoms with Crippen molar-refractivity contribution in [1.82, 2.24) is 0 Å². The lowest BCUT2D eigenvalue weighted by Gasteiger charge is -2.24. The van der Waals surface area contributed by atoms with Crippen molar-refractivity contribution >= 4 is 0 Å². The van der Waals surface area contributed by atoms with Crippen LogP contribution in [-0.4, -0.2) is 11.3 Å². The second kappa shape index (κ2) is 3.04. The predicted molar refractivity (Wildman–Crippen MR) is 53.8 cm³/mol. The molecule has 0 amide bonds. The Labute approximate surface area is 84.4 Å². The number of fused-ring (bicyclic) bond motifs is 2. The van der Waals surface area contributed by atoms with E-state index in [0.717, 1.165) is 24.8 Å². The number of alkyl halides is 2. The van der Waals surface area contributed by atoms with Gasteiger partial charge in [-0.15, -0.1) is 0 Å². The van der Waals surface area contributed by atoms with Crippen molar-refractivity contribution in [3.63, 3.8) is 0 Å². The van der Waals surface area contributed by atoms with E-state index in [2.05, 4.69) is 6.92 Å². The van der Waals surface area contributed by atoms with Gasteiger partial charge < -0.3 is 0 Å². The Balaban J connectivity index is 2.25. The maximum atomic E-state index is 14.3. The van der Waals surface area contributed by atoms with Gasteiger partial charge in [0.2, 0.25) is 0 Å². The molecule has 14 heavy (non-hydrogen) atoms. The molecule has 0 aromatic rings. The average Bonchev–Trinajstić information content (AvgIpc) is 2.52. The van der Waals surface area contributed by atoms with Crippen LogP contribution >= 0.6 is 0 Å². The molecule has 0 spiro atoms. The van der Waals surface area contributed by atoms with Crippen LogP contribution in [0.1, 0.15) is 52.4 Å². The lowest BCUT2D eigenvalue weighted by atomic mass is 9.87. The third-order valence-electron chi connectivity index (χ3n) is 3.92. The summed E-state index contributed by atoms with van der Waals surface area (Å²) in [4.78, 5) is 0. The normalized spacial score (nSPS) is 41.1. The third-order valence-corrected chi connectivity index (χ3v) is 3.92. The molecular formula is C12H18F2. The average molecular weight is 200 g/mol. The first kappa shape index (κ1) is 10.1. The molecule has 80 valence electrons. The maximum Gasteiger partial charge on any atom is 0.135 e. The quantitative estimate of drug-likeness (QED) is 0.601. The highest BCUT2D eigenvalue weighted by atomic mass is 19.2. The molecule has 2 unspecified atom stereocenters. The highest BCUT2D eigenvalue weighted by Crippen LogP contribution is 2.59. The van der Waals surface area contributed by atoms with E-state index in [1.165, 1.54) is 0 Å². The van der Waals surface area contributed by atoms with Gasteiger partial charge in [0, 0.05) is 6.42 Å². The van der Waals surface area contributed by atoms with E-state index in [0.29, 0.717) is 18.4 Å². The van der Waals surface area contributed by atoms with Gasteiger partial charge in [0.25, 0.3) is 0 Å². The molecule has 0 saturated heterocycles. The summed E-state index contributed by atoms with van der Waals surface area (Å²) in [6.07, 6.45) is 3.68. The largest absolute Gasteiger partial charge is 0.239 e. The summed E-state index contributed by atoms with van der Waals surface area (Å²) in [5, 5.41) is 0. The summed E-state index contributed by atoms with van der Waals surface area (Å²) in [7, 11) is 0. The van der Waals surface area contributed by atoms with E-state index >= 15 is 0 Å². The number of hydrogen-bond acceptors (Lipinski definition) is 0. The van der Waals surface area contributed by atoms with Crippen LogP contribution in [0.15, 0.2) is 11.1 Å². The van der Waals surface area contributed by atoms with Crippen LogP contribution in [0.3, 0.4) is 0 Å². The van der Waals surface area contributed by atoms with Crippen LogP contribution in [0.4, 0.5) is 8.78 Å². The van der Waals surface area contributed by atoms with Crippen molar-refractivity contribution < 1.29 is 8.78 Å². The van der Waals surface area contributed by atoms with Gasteiger partial charge in [-0.3, -0.25) is 0 Å². The van der Waals surface area contributed by atoms with E-state index in [4.69, 9.17) is 0 Å². The van der Waals surface area contributed by atoms with Crippen molar-refractivity contribution in [2.24, 2.45) is 0 Å². The van der Waals surface area contributed by atoms with Gasteiger partial charge in [0.1, 0.15) is 11.3 Å². The highest BCUT2D eigenvalue weighted by Gasteiger charge is 2.58. The molecule has 1 saturated carbocycles. The summed E-state index contributed by atoms with van der Waals surface area (Å²) in [5.74, 6) is 0. The van der Waals surface area contributed by atoms with Crippen LogP contribution in [0.25, 0.3) is 0 Å². The van der Waals surface area contributed by atoms with Crippen molar-refractivity contribution in [2.75, 3.05) is 0 Å². The summed E-state index contributed by atoms with van der Waals surface area (Å²) in [6.45, 7) is 3.87. The highest BCUT2D eigenvalue weighted by molar-refractivity contribution is 5.41. The molecule has 0 radical (unpaired) electrons. The minimum absolute atomic E-state index is 0.102. The molecule has 0 nitrogen and oxygen atoms in total. The first-order valence-electron chi connectivity index (χ1n) is 5.60. The first-order valence-corrected chi connectivity index (χ1v) is 5.60. The molecule has 2 heteroatoms. The molecule has 2 aliphatic carbocycles. The van der Waals surface area contributed by atoms with E-state index in [-0.39, 0.29) is 6.42 Å². The number of unbranched alkanes of at least 4 members (excludes halogenated alkanes) is 1. The second-order valence-electron chi connectivity index (χ2n) is 4.81. The standard InChI is InChI=1S/C12H18F2/c1-3-4-5-10-9(2)11(13)6-7-12(10,14)8-11/h3-8H2,1-2H3. The van der Waals surface area contributed by atoms with Gasteiger partial charge >= 0.3 is 0 Å². The second-order valence-corrected chi connectivity index (χ2v) is 4.81. The number of hydrogen-bond donors (Lipinski definition) is 0. The molecule has 0 N–H and O–H groups in total. The van der Waals surface area contributed by atoms with Gasteiger partial charge in [-0.05, 0) is 43.8 Å². The molecule has 2 rings (SSSR count). The minimum Gasteiger partial charge on any atom is -0.239 e. The smallest absolute Gasteiger partial charge is 0.135 e. The van der Waals surface area contributed by atoms with Gasteiger partial charge in [0.05, 0.1) is 0 Å². The molecule has 0 aromatic heterocycles. The number of halogens is 2. The van der Waals surface area contributed by atoms with Gasteiger partial charge in [-0.2, -0.15) is 0 Å². The molecule has 1 fully saturated rings. The topological polar surface area (TPSA) is 0 Å². The summed E-state index contributed by atoms with van der Waals surface area (Å²) in [5.41, 5.74) is -1.08. The Morgan fingerprint density at radius 2 is 1.86 bits per heavy atom. The van der Waals surface area contributed by atoms with Crippen molar-refractivity contribution in [3.8, 4) is 0 Å². The van der Waals surface area contributed by atoms with Crippen LogP contribution in [0.5, 0.6) is 0 Å². The molecule has 2 atom stereocenters. The monoisotopic (exact) mass is 200 g/mol. The van der Waals surface area contributed by atoms with Gasteiger partial charge in [-0.1, -0.05) is 13.3 Å². The number of rotatable bonds is 3. The van der Waals surface area contributed by atoms with E-state index < -0.39 is 11.3 Å². The third kappa shape index (κ3) is 1.23. The van der Waals surface area contributed by atoms with E-state index in [9.17, 15) is 8.78 Å². The van der Waals surface area contributed by atoms with Crippen molar-refractivity contribution in [3.05, 3.63) is 11.1 Å². The molecule has 2 aliphatic rings. The fraction of sp³-hybridized carbons (Fsp3) is 0.833. The Morgan fingerprint density at radius 3 is 2.36 bits per heavy atom. The first-order chi connectivity index (χ1) is 6.52. The lowest BCUT2D eigenvalue weighted by Crippen LogP contribution is -2.20. The fourth-order valence-corrected chi connectivity index (χ4v) is 2.97. The molecule has 0 heterocycles. The molecule has 2 bridgehead atoms. The van der Waals surface area contributed by atoms with Crippen molar-refractivity contribution in [1.29, 1.82) is 0 Å². The zero-order chi connectivity index (χ0) is 10.4. The summed E-state index contributed by atoms with van der Waals surface area (Å²) >= 11 is 0. The Bertz CT molecular complexity index is 282. The van der Waals surface area contributed by atoms with Crippen LogP contribution in [0.2, 0.25) is 0 Å². The molecular weight excluding hydrogens is 182 g/mol. The Hall–Kier alpha value is -0.400. The maximum absolute atomic E-state index is 14.3. The fourth-order valence-electron chi connectivity index (χ4n) is 2.97. The minimum atomic E-state index is -1.29. The molecule has 0 aromatic carbocycles.